The molecule has 0 saturated carbocycles. The second-order valence-electron chi connectivity index (χ2n) is 5.67. The molecule has 25 heavy (non-hydrogen) atoms. The van der Waals surface area contributed by atoms with Crippen molar-refractivity contribution < 1.29 is 14.3 Å². The quantitative estimate of drug-likeness (QED) is 0.815. The number of ether oxygens (including phenoxy) is 2. The van der Waals surface area contributed by atoms with E-state index in [4.69, 9.17) is 9.47 Å². The van der Waals surface area contributed by atoms with E-state index in [1.807, 2.05) is 31.2 Å². The summed E-state index contributed by atoms with van der Waals surface area (Å²) in [5.41, 5.74) is 1.20. The highest BCUT2D eigenvalue weighted by molar-refractivity contribution is 5.76. The van der Waals surface area contributed by atoms with E-state index < -0.39 is 0 Å². The highest BCUT2D eigenvalue weighted by atomic mass is 16.5. The molecule has 2 heterocycles. The summed E-state index contributed by atoms with van der Waals surface area (Å²) < 4.78 is 11.9. The Bertz CT molecular complexity index is 780. The Morgan fingerprint density at radius 3 is 2.56 bits per heavy atom. The maximum atomic E-state index is 12.3. The van der Waals surface area contributed by atoms with E-state index in [1.54, 1.807) is 11.0 Å². The van der Waals surface area contributed by atoms with Crippen molar-refractivity contribution in [1.29, 1.82) is 0 Å². The zero-order chi connectivity index (χ0) is 17.6. The lowest BCUT2D eigenvalue weighted by Crippen LogP contribution is -2.43. The molecule has 0 N–H and O–H groups in total. The molecule has 7 heteroatoms. The van der Waals surface area contributed by atoms with Gasteiger partial charge in [0.05, 0.1) is 25.5 Å². The van der Waals surface area contributed by atoms with E-state index in [0.717, 1.165) is 11.3 Å². The average molecular weight is 343 g/mol. The fourth-order valence-electron chi connectivity index (χ4n) is 2.65. The number of benzene rings is 1. The summed E-state index contributed by atoms with van der Waals surface area (Å²) in [6.45, 7) is 4.62. The highest BCUT2D eigenvalue weighted by Crippen LogP contribution is 2.19. The van der Waals surface area contributed by atoms with Crippen LogP contribution in [0.15, 0.2) is 41.2 Å². The summed E-state index contributed by atoms with van der Waals surface area (Å²) >= 11 is 0. The van der Waals surface area contributed by atoms with Crippen molar-refractivity contribution in [2.24, 2.45) is 0 Å². The minimum Gasteiger partial charge on any atom is -0.494 e. The Morgan fingerprint density at radius 1 is 1.16 bits per heavy atom. The molecule has 0 bridgehead atoms. The molecule has 0 atom stereocenters. The Kier molecular flexibility index (Phi) is 5.45. The zero-order valence-corrected chi connectivity index (χ0v) is 14.2. The third-order valence-corrected chi connectivity index (χ3v) is 3.98. The van der Waals surface area contributed by atoms with Crippen molar-refractivity contribution in [2.45, 2.75) is 13.5 Å². The predicted octanol–water partition coefficient (Wildman–Crippen LogP) is 1.17. The fraction of sp³-hybridized carbons (Fsp3) is 0.389. The van der Waals surface area contributed by atoms with Crippen LogP contribution in [0.4, 0.5) is 0 Å². The van der Waals surface area contributed by atoms with Gasteiger partial charge in [-0.15, -0.1) is 0 Å². The van der Waals surface area contributed by atoms with Crippen molar-refractivity contribution in [3.8, 4) is 17.0 Å². The van der Waals surface area contributed by atoms with Gasteiger partial charge in [0, 0.05) is 24.7 Å². The minimum absolute atomic E-state index is 0.0658. The first-order valence-electron chi connectivity index (χ1n) is 8.34. The summed E-state index contributed by atoms with van der Waals surface area (Å²) in [6.07, 6.45) is 0. The van der Waals surface area contributed by atoms with E-state index in [1.165, 1.54) is 10.7 Å². The van der Waals surface area contributed by atoms with Crippen LogP contribution in [0.2, 0.25) is 0 Å². The normalized spacial score (nSPS) is 14.4. The summed E-state index contributed by atoms with van der Waals surface area (Å²) in [4.78, 5) is 26.1. The number of rotatable bonds is 5. The molecule has 7 nitrogen and oxygen atoms in total. The largest absolute Gasteiger partial charge is 0.494 e. The Morgan fingerprint density at radius 2 is 1.88 bits per heavy atom. The van der Waals surface area contributed by atoms with E-state index in [2.05, 4.69) is 5.10 Å². The molecule has 0 spiro atoms. The molecule has 132 valence electrons. The van der Waals surface area contributed by atoms with Gasteiger partial charge in [0.15, 0.2) is 0 Å². The molecule has 1 saturated heterocycles. The standard InChI is InChI=1S/C18H21N3O4/c1-2-25-15-5-3-14(4-6-15)16-7-8-17(22)21(19-16)13-18(23)20-9-11-24-12-10-20/h3-8H,2,9-13H2,1H3. The van der Waals surface area contributed by atoms with Crippen molar-refractivity contribution in [3.05, 3.63) is 46.8 Å². The van der Waals surface area contributed by atoms with Crippen LogP contribution >= 0.6 is 0 Å². The maximum Gasteiger partial charge on any atom is 0.267 e. The average Bonchev–Trinajstić information content (AvgIpc) is 2.65. The third-order valence-electron chi connectivity index (χ3n) is 3.98. The van der Waals surface area contributed by atoms with Gasteiger partial charge in [-0.3, -0.25) is 9.59 Å². The molecule has 1 aromatic heterocycles. The van der Waals surface area contributed by atoms with Crippen LogP contribution in [0.5, 0.6) is 5.75 Å². The number of aromatic nitrogens is 2. The first-order valence-corrected chi connectivity index (χ1v) is 8.34. The van der Waals surface area contributed by atoms with Gasteiger partial charge < -0.3 is 14.4 Å². The van der Waals surface area contributed by atoms with E-state index >= 15 is 0 Å². The van der Waals surface area contributed by atoms with Crippen LogP contribution in [0.25, 0.3) is 11.3 Å². The van der Waals surface area contributed by atoms with Gasteiger partial charge in [-0.1, -0.05) is 0 Å². The maximum absolute atomic E-state index is 12.3. The molecule has 0 radical (unpaired) electrons. The smallest absolute Gasteiger partial charge is 0.267 e. The summed E-state index contributed by atoms with van der Waals surface area (Å²) in [7, 11) is 0. The van der Waals surface area contributed by atoms with Gasteiger partial charge in [-0.05, 0) is 37.3 Å². The van der Waals surface area contributed by atoms with Crippen LogP contribution in [-0.4, -0.2) is 53.5 Å². The van der Waals surface area contributed by atoms with Crippen molar-refractivity contribution >= 4 is 5.91 Å². The number of hydrogen-bond donors (Lipinski definition) is 0. The lowest BCUT2D eigenvalue weighted by molar-refractivity contribution is -0.136. The first-order chi connectivity index (χ1) is 12.2. The highest BCUT2D eigenvalue weighted by Gasteiger charge is 2.18. The lowest BCUT2D eigenvalue weighted by atomic mass is 10.1. The molecular formula is C18H21N3O4. The molecule has 1 fully saturated rings. The Labute approximate surface area is 145 Å². The van der Waals surface area contributed by atoms with E-state index in [9.17, 15) is 9.59 Å². The molecule has 2 aromatic rings. The van der Waals surface area contributed by atoms with Gasteiger partial charge >= 0.3 is 0 Å². The van der Waals surface area contributed by atoms with Gasteiger partial charge in [0.2, 0.25) is 5.91 Å². The Balaban J connectivity index is 1.77. The molecule has 1 amide bonds. The van der Waals surface area contributed by atoms with Crippen LogP contribution in [0, 0.1) is 0 Å². The number of hydrogen-bond acceptors (Lipinski definition) is 5. The van der Waals surface area contributed by atoms with E-state index in [0.29, 0.717) is 38.6 Å². The van der Waals surface area contributed by atoms with Crippen LogP contribution in [-0.2, 0) is 16.1 Å². The van der Waals surface area contributed by atoms with Gasteiger partial charge in [-0.25, -0.2) is 4.68 Å². The van der Waals surface area contributed by atoms with Crippen molar-refractivity contribution in [2.75, 3.05) is 32.9 Å². The third kappa shape index (κ3) is 4.24. The van der Waals surface area contributed by atoms with E-state index in [-0.39, 0.29) is 18.0 Å². The topological polar surface area (TPSA) is 73.7 Å². The van der Waals surface area contributed by atoms with Crippen molar-refractivity contribution in [1.82, 2.24) is 14.7 Å². The van der Waals surface area contributed by atoms with Crippen molar-refractivity contribution in [3.63, 3.8) is 0 Å². The number of carbonyl (C=O) groups is 1. The zero-order valence-electron chi connectivity index (χ0n) is 14.2. The molecule has 0 unspecified atom stereocenters. The fourth-order valence-corrected chi connectivity index (χ4v) is 2.65. The first kappa shape index (κ1) is 17.2. The second kappa shape index (κ2) is 7.94. The number of carbonyl (C=O) groups excluding carboxylic acids is 1. The monoisotopic (exact) mass is 343 g/mol. The van der Waals surface area contributed by atoms with Gasteiger partial charge in [0.1, 0.15) is 12.3 Å². The predicted molar refractivity (Wildman–Crippen MR) is 92.5 cm³/mol. The molecule has 0 aliphatic carbocycles. The molecule has 3 rings (SSSR count). The van der Waals surface area contributed by atoms with Gasteiger partial charge in [0.25, 0.3) is 5.56 Å². The minimum atomic E-state index is -0.295. The number of morpholine rings is 1. The van der Waals surface area contributed by atoms with Crippen LogP contribution < -0.4 is 10.3 Å². The van der Waals surface area contributed by atoms with Gasteiger partial charge in [-0.2, -0.15) is 5.10 Å². The SMILES string of the molecule is CCOc1ccc(-c2ccc(=O)n(CC(=O)N3CCOCC3)n2)cc1. The number of nitrogens with zero attached hydrogens (tertiary/aromatic N) is 3. The second-order valence-corrected chi connectivity index (χ2v) is 5.67. The van der Waals surface area contributed by atoms with Crippen LogP contribution in [0.1, 0.15) is 6.92 Å². The molecule has 1 aliphatic rings. The lowest BCUT2D eigenvalue weighted by Gasteiger charge is -2.26. The summed E-state index contributed by atoms with van der Waals surface area (Å²) in [6, 6.07) is 10.6. The summed E-state index contributed by atoms with van der Waals surface area (Å²) in [5.74, 6) is 0.656. The number of amides is 1. The molecule has 1 aliphatic heterocycles. The summed E-state index contributed by atoms with van der Waals surface area (Å²) in [5, 5.41) is 4.34. The molecule has 1 aromatic carbocycles. The Hall–Kier alpha value is -2.67. The van der Waals surface area contributed by atoms with Crippen LogP contribution in [0.3, 0.4) is 0 Å². The molecular weight excluding hydrogens is 322 g/mol.